The van der Waals surface area contributed by atoms with E-state index in [4.69, 9.17) is 0 Å². The summed E-state index contributed by atoms with van der Waals surface area (Å²) in [5.74, 6) is 0.873. The Labute approximate surface area is 137 Å². The molecular formula is C16H29BrN4. The van der Waals surface area contributed by atoms with Crippen LogP contribution in [0.25, 0.3) is 0 Å². The molecule has 0 aromatic carbocycles. The van der Waals surface area contributed by atoms with Crippen LogP contribution >= 0.6 is 15.9 Å². The zero-order valence-corrected chi connectivity index (χ0v) is 15.2. The number of aromatic nitrogens is 2. The topological polar surface area (TPSA) is 33.1 Å². The van der Waals surface area contributed by atoms with Gasteiger partial charge in [0.05, 0.1) is 29.0 Å². The lowest BCUT2D eigenvalue weighted by Gasteiger charge is -2.23. The lowest BCUT2D eigenvalue weighted by molar-refractivity contribution is 0.346. The van der Waals surface area contributed by atoms with Gasteiger partial charge in [0.2, 0.25) is 0 Å². The molecule has 21 heavy (non-hydrogen) atoms. The van der Waals surface area contributed by atoms with E-state index >= 15 is 0 Å². The van der Waals surface area contributed by atoms with Crippen LogP contribution in [-0.2, 0) is 6.54 Å². The molecule has 1 unspecified atom stereocenters. The highest BCUT2D eigenvalue weighted by atomic mass is 79.9. The van der Waals surface area contributed by atoms with E-state index in [9.17, 15) is 0 Å². The SMILES string of the molecule is CCNC(CC1CCCC1)c1c(Br)cnn1CCN(C)C. The molecule has 0 aliphatic heterocycles. The predicted molar refractivity (Wildman–Crippen MR) is 91.5 cm³/mol. The Morgan fingerprint density at radius 2 is 2.14 bits per heavy atom. The molecule has 1 aliphatic rings. The number of hydrogen-bond donors (Lipinski definition) is 1. The maximum atomic E-state index is 4.57. The Bertz CT molecular complexity index is 424. The predicted octanol–water partition coefficient (Wildman–Crippen LogP) is 3.44. The Hall–Kier alpha value is -0.390. The van der Waals surface area contributed by atoms with Gasteiger partial charge in [0.1, 0.15) is 0 Å². The van der Waals surface area contributed by atoms with Gasteiger partial charge in [-0.2, -0.15) is 5.10 Å². The van der Waals surface area contributed by atoms with Gasteiger partial charge in [-0.3, -0.25) is 4.68 Å². The lowest BCUT2D eigenvalue weighted by atomic mass is 9.96. The van der Waals surface area contributed by atoms with Crippen LogP contribution in [0.2, 0.25) is 0 Å². The van der Waals surface area contributed by atoms with Gasteiger partial charge in [-0.15, -0.1) is 0 Å². The number of rotatable bonds is 8. The van der Waals surface area contributed by atoms with E-state index in [1.54, 1.807) is 0 Å². The molecule has 0 radical (unpaired) electrons. The molecule has 1 heterocycles. The van der Waals surface area contributed by atoms with Gasteiger partial charge < -0.3 is 10.2 Å². The summed E-state index contributed by atoms with van der Waals surface area (Å²) < 4.78 is 3.32. The summed E-state index contributed by atoms with van der Waals surface area (Å²) in [4.78, 5) is 2.21. The zero-order chi connectivity index (χ0) is 15.2. The first-order chi connectivity index (χ1) is 10.1. The third-order valence-corrected chi connectivity index (χ3v) is 5.03. The van der Waals surface area contributed by atoms with Crippen molar-refractivity contribution in [3.8, 4) is 0 Å². The van der Waals surface area contributed by atoms with Crippen LogP contribution < -0.4 is 5.32 Å². The zero-order valence-electron chi connectivity index (χ0n) is 13.6. The van der Waals surface area contributed by atoms with Crippen LogP contribution in [0.3, 0.4) is 0 Å². The molecule has 4 nitrogen and oxygen atoms in total. The van der Waals surface area contributed by atoms with Crippen LogP contribution in [0, 0.1) is 5.92 Å². The quantitative estimate of drug-likeness (QED) is 0.774. The molecule has 5 heteroatoms. The standard InChI is InChI=1S/C16H29BrN4/c1-4-18-15(11-13-7-5-6-8-13)16-14(17)12-19-21(16)10-9-20(2)3/h12-13,15,18H,4-11H2,1-3H3. The van der Waals surface area contributed by atoms with Gasteiger partial charge in [0.25, 0.3) is 0 Å². The van der Waals surface area contributed by atoms with Crippen LogP contribution in [-0.4, -0.2) is 41.9 Å². The first-order valence-electron chi connectivity index (χ1n) is 8.21. The summed E-state index contributed by atoms with van der Waals surface area (Å²) in [6.45, 7) is 5.16. The van der Waals surface area contributed by atoms with Crippen molar-refractivity contribution >= 4 is 15.9 Å². The van der Waals surface area contributed by atoms with E-state index < -0.39 is 0 Å². The molecule has 0 amide bonds. The summed E-state index contributed by atoms with van der Waals surface area (Å²) >= 11 is 3.71. The third-order valence-electron chi connectivity index (χ3n) is 4.42. The van der Waals surface area contributed by atoms with Gasteiger partial charge in [-0.05, 0) is 48.9 Å². The van der Waals surface area contributed by atoms with Crippen molar-refractivity contribution in [2.75, 3.05) is 27.2 Å². The number of hydrogen-bond acceptors (Lipinski definition) is 3. The minimum absolute atomic E-state index is 0.414. The van der Waals surface area contributed by atoms with Gasteiger partial charge in [-0.25, -0.2) is 0 Å². The van der Waals surface area contributed by atoms with Crippen molar-refractivity contribution in [1.82, 2.24) is 20.0 Å². The second-order valence-corrected chi connectivity index (χ2v) is 7.25. The van der Waals surface area contributed by atoms with Crippen molar-refractivity contribution in [2.45, 2.75) is 51.6 Å². The first-order valence-corrected chi connectivity index (χ1v) is 9.00. The van der Waals surface area contributed by atoms with Crippen molar-refractivity contribution in [2.24, 2.45) is 5.92 Å². The molecule has 1 saturated carbocycles. The van der Waals surface area contributed by atoms with Crippen LogP contribution in [0.1, 0.15) is 50.8 Å². The van der Waals surface area contributed by atoms with Crippen LogP contribution in [0.4, 0.5) is 0 Å². The minimum atomic E-state index is 0.414. The smallest absolute Gasteiger partial charge is 0.0696 e. The number of nitrogens with zero attached hydrogens (tertiary/aromatic N) is 3. The highest BCUT2D eigenvalue weighted by Crippen LogP contribution is 2.35. The normalized spacial score (nSPS) is 17.8. The Morgan fingerprint density at radius 1 is 1.43 bits per heavy atom. The van der Waals surface area contributed by atoms with Crippen LogP contribution in [0.15, 0.2) is 10.7 Å². The third kappa shape index (κ3) is 4.80. The monoisotopic (exact) mass is 356 g/mol. The van der Waals surface area contributed by atoms with E-state index in [1.807, 2.05) is 6.20 Å². The molecule has 2 rings (SSSR count). The van der Waals surface area contributed by atoms with E-state index in [2.05, 4.69) is 56.9 Å². The molecule has 1 aromatic rings. The van der Waals surface area contributed by atoms with Gasteiger partial charge in [0, 0.05) is 6.54 Å². The average molecular weight is 357 g/mol. The first kappa shape index (κ1) is 17.0. The molecule has 1 fully saturated rings. The summed E-state index contributed by atoms with van der Waals surface area (Å²) in [7, 11) is 4.22. The Balaban J connectivity index is 2.11. The molecular weight excluding hydrogens is 328 g/mol. The summed E-state index contributed by atoms with van der Waals surface area (Å²) in [5, 5.41) is 8.24. The number of nitrogens with one attached hydrogen (secondary N) is 1. The summed E-state index contributed by atoms with van der Waals surface area (Å²) in [6.07, 6.45) is 8.79. The van der Waals surface area contributed by atoms with Gasteiger partial charge in [0.15, 0.2) is 0 Å². The van der Waals surface area contributed by atoms with E-state index in [-0.39, 0.29) is 0 Å². The second-order valence-electron chi connectivity index (χ2n) is 6.40. The molecule has 1 atom stereocenters. The largest absolute Gasteiger partial charge is 0.309 e. The van der Waals surface area contributed by atoms with Gasteiger partial charge in [-0.1, -0.05) is 32.6 Å². The molecule has 0 bridgehead atoms. The van der Waals surface area contributed by atoms with Gasteiger partial charge >= 0.3 is 0 Å². The second kappa shape index (κ2) is 8.30. The Kier molecular flexibility index (Phi) is 6.71. The molecule has 1 aromatic heterocycles. The fourth-order valence-electron chi connectivity index (χ4n) is 3.31. The molecule has 1 N–H and O–H groups in total. The van der Waals surface area contributed by atoms with Crippen molar-refractivity contribution in [3.63, 3.8) is 0 Å². The number of halogens is 1. The minimum Gasteiger partial charge on any atom is -0.309 e. The molecule has 120 valence electrons. The maximum Gasteiger partial charge on any atom is 0.0696 e. The molecule has 1 aliphatic carbocycles. The number of likely N-dealkylation sites (N-methyl/N-ethyl adjacent to an activating group) is 1. The van der Waals surface area contributed by atoms with E-state index in [1.165, 1.54) is 37.8 Å². The summed E-state index contributed by atoms with van der Waals surface area (Å²) in [6, 6.07) is 0.414. The maximum absolute atomic E-state index is 4.57. The van der Waals surface area contributed by atoms with Crippen molar-refractivity contribution in [3.05, 3.63) is 16.4 Å². The highest BCUT2D eigenvalue weighted by Gasteiger charge is 2.25. The van der Waals surface area contributed by atoms with E-state index in [0.29, 0.717) is 6.04 Å². The molecule has 0 spiro atoms. The summed E-state index contributed by atoms with van der Waals surface area (Å²) in [5.41, 5.74) is 1.32. The fourth-order valence-corrected chi connectivity index (χ4v) is 3.88. The fraction of sp³-hybridized carbons (Fsp3) is 0.812. The van der Waals surface area contributed by atoms with Crippen molar-refractivity contribution < 1.29 is 0 Å². The van der Waals surface area contributed by atoms with E-state index in [0.717, 1.165) is 30.0 Å². The average Bonchev–Trinajstić information content (AvgIpc) is 3.05. The van der Waals surface area contributed by atoms with Crippen molar-refractivity contribution in [1.29, 1.82) is 0 Å². The highest BCUT2D eigenvalue weighted by molar-refractivity contribution is 9.10. The molecule has 0 saturated heterocycles. The van der Waals surface area contributed by atoms with Crippen LogP contribution in [0.5, 0.6) is 0 Å². The Morgan fingerprint density at radius 3 is 2.76 bits per heavy atom. The lowest BCUT2D eigenvalue weighted by Crippen LogP contribution is -2.28.